The Morgan fingerprint density at radius 1 is 1.03 bits per heavy atom. The van der Waals surface area contributed by atoms with Crippen LogP contribution < -0.4 is 4.74 Å². The third-order valence-electron chi connectivity index (χ3n) is 5.62. The molecule has 38 heavy (non-hydrogen) atoms. The number of aromatic nitrogens is 2. The molecule has 0 aliphatic carbocycles. The number of rotatable bonds is 8. The number of hydrogen-bond donors (Lipinski definition) is 0. The summed E-state index contributed by atoms with van der Waals surface area (Å²) in [5.74, 6) is 0.143. The van der Waals surface area contributed by atoms with Crippen LogP contribution >= 0.6 is 11.6 Å². The topological polar surface area (TPSA) is 75.9 Å². The molecule has 2 heterocycles. The Kier molecular flexibility index (Phi) is 8.19. The second-order valence-electron chi connectivity index (χ2n) is 8.15. The third-order valence-corrected chi connectivity index (χ3v) is 5.95. The van der Waals surface area contributed by atoms with E-state index in [9.17, 15) is 23.2 Å². The average Bonchev–Trinajstić information content (AvgIpc) is 2.92. The number of carbonyl (C=O) groups excluding carboxylic acids is 1. The van der Waals surface area contributed by atoms with Crippen molar-refractivity contribution in [1.29, 1.82) is 5.26 Å². The lowest BCUT2D eigenvalue weighted by molar-refractivity contribution is -0.137. The van der Waals surface area contributed by atoms with Crippen LogP contribution in [0.4, 0.5) is 13.2 Å². The van der Waals surface area contributed by atoms with Gasteiger partial charge in [-0.05, 0) is 52.6 Å². The Hall–Kier alpha value is -4.48. The van der Waals surface area contributed by atoms with Gasteiger partial charge in [-0.15, -0.1) is 0 Å². The maximum Gasteiger partial charge on any atom is 0.417 e. The van der Waals surface area contributed by atoms with Crippen LogP contribution in [0.2, 0.25) is 5.02 Å². The number of ether oxygens (including phenoxy) is 1. The first kappa shape index (κ1) is 26.6. The van der Waals surface area contributed by atoms with Crippen LogP contribution in [0.3, 0.4) is 0 Å². The highest BCUT2D eigenvalue weighted by atomic mass is 35.5. The van der Waals surface area contributed by atoms with Gasteiger partial charge >= 0.3 is 6.18 Å². The Bertz CT molecular complexity index is 1530. The van der Waals surface area contributed by atoms with Gasteiger partial charge in [-0.25, -0.2) is 0 Å². The molecule has 0 saturated heterocycles. The summed E-state index contributed by atoms with van der Waals surface area (Å²) in [7, 11) is 0. The molecule has 0 spiro atoms. The maximum atomic E-state index is 13.0. The zero-order valence-corrected chi connectivity index (χ0v) is 20.5. The van der Waals surface area contributed by atoms with E-state index in [2.05, 4.69) is 16.0 Å². The molecule has 190 valence electrons. The molecule has 0 aliphatic heterocycles. The molecule has 0 unspecified atom stereocenters. The van der Waals surface area contributed by atoms with Crippen LogP contribution in [0.15, 0.2) is 73.2 Å². The molecule has 0 saturated carbocycles. The summed E-state index contributed by atoms with van der Waals surface area (Å²) >= 11 is 6.39. The van der Waals surface area contributed by atoms with Crippen molar-refractivity contribution in [2.75, 3.05) is 0 Å². The molecular weight excluding hydrogens is 515 g/mol. The molecule has 0 atom stereocenters. The second-order valence-corrected chi connectivity index (χ2v) is 8.56. The minimum atomic E-state index is -4.54. The van der Waals surface area contributed by atoms with E-state index in [1.54, 1.807) is 18.3 Å². The molecule has 2 aromatic carbocycles. The van der Waals surface area contributed by atoms with Crippen molar-refractivity contribution < 1.29 is 22.7 Å². The molecule has 2 aromatic heterocycles. The minimum Gasteiger partial charge on any atom is -0.488 e. The van der Waals surface area contributed by atoms with E-state index in [0.717, 1.165) is 29.0 Å². The zero-order chi connectivity index (χ0) is 27.1. The number of aldehydes is 1. The van der Waals surface area contributed by atoms with E-state index in [-0.39, 0.29) is 34.9 Å². The molecule has 0 aliphatic rings. The predicted octanol–water partition coefficient (Wildman–Crippen LogP) is 7.44. The monoisotopic (exact) mass is 533 g/mol. The van der Waals surface area contributed by atoms with Crippen molar-refractivity contribution in [2.24, 2.45) is 0 Å². The van der Waals surface area contributed by atoms with Crippen molar-refractivity contribution in [3.8, 4) is 22.9 Å². The first-order valence-electron chi connectivity index (χ1n) is 11.3. The molecule has 5 nitrogen and oxygen atoms in total. The summed E-state index contributed by atoms with van der Waals surface area (Å²) in [6.07, 6.45) is 3.17. The number of carbonyl (C=O) groups is 1. The Labute approximate surface area is 221 Å². The van der Waals surface area contributed by atoms with Gasteiger partial charge in [-0.1, -0.05) is 48.0 Å². The van der Waals surface area contributed by atoms with E-state index in [1.807, 2.05) is 36.4 Å². The van der Waals surface area contributed by atoms with Crippen LogP contribution in [-0.4, -0.2) is 16.3 Å². The van der Waals surface area contributed by atoms with Crippen LogP contribution in [0, 0.1) is 11.3 Å². The Morgan fingerprint density at radius 3 is 2.53 bits per heavy atom. The zero-order valence-electron chi connectivity index (χ0n) is 19.7. The number of alkyl halides is 3. The summed E-state index contributed by atoms with van der Waals surface area (Å²) in [5, 5.41) is 9.68. The van der Waals surface area contributed by atoms with Gasteiger partial charge in [0.25, 0.3) is 0 Å². The largest absolute Gasteiger partial charge is 0.488 e. The standard InChI is InChI=1S/C29H19ClF3N3O2/c30-26-13-22(17-37)28(38-18-19-12-23(16-35-15-19)29(31,32)33)14-21(26)6-7-27-25(8-10-34)24(9-11-36-27)20-4-2-1-3-5-20/h1-7,9,11-17H,8,18H2/b7-6+. The SMILES string of the molecule is N#CCc1c(-c2ccccc2)ccnc1/C=C/c1cc(OCc2cncc(C(F)(F)F)c2)c(C=O)cc1Cl. The fourth-order valence-corrected chi connectivity index (χ4v) is 4.02. The first-order chi connectivity index (χ1) is 18.3. The lowest BCUT2D eigenvalue weighted by Crippen LogP contribution is -2.07. The Balaban J connectivity index is 1.64. The fourth-order valence-electron chi connectivity index (χ4n) is 3.79. The average molecular weight is 534 g/mol. The van der Waals surface area contributed by atoms with Crippen molar-refractivity contribution in [1.82, 2.24) is 9.97 Å². The molecule has 9 heteroatoms. The van der Waals surface area contributed by atoms with E-state index in [1.165, 1.54) is 18.3 Å². The van der Waals surface area contributed by atoms with Gasteiger partial charge in [0.05, 0.1) is 29.3 Å². The number of nitriles is 1. The van der Waals surface area contributed by atoms with Crippen molar-refractivity contribution >= 4 is 30.0 Å². The van der Waals surface area contributed by atoms with Crippen molar-refractivity contribution in [2.45, 2.75) is 19.2 Å². The van der Waals surface area contributed by atoms with Crippen LogP contribution in [0.1, 0.15) is 38.3 Å². The molecule has 0 N–H and O–H groups in total. The van der Waals surface area contributed by atoms with Gasteiger partial charge in [0.15, 0.2) is 6.29 Å². The molecule has 0 amide bonds. The predicted molar refractivity (Wildman–Crippen MR) is 138 cm³/mol. The van der Waals surface area contributed by atoms with Gasteiger partial charge < -0.3 is 4.74 Å². The summed E-state index contributed by atoms with van der Waals surface area (Å²) in [6.45, 7) is -0.241. The third kappa shape index (κ3) is 6.25. The van der Waals surface area contributed by atoms with E-state index < -0.39 is 11.7 Å². The van der Waals surface area contributed by atoms with Crippen molar-refractivity contribution in [3.63, 3.8) is 0 Å². The number of hydrogen-bond acceptors (Lipinski definition) is 5. The number of benzene rings is 2. The van der Waals surface area contributed by atoms with Gasteiger partial charge in [-0.2, -0.15) is 18.4 Å². The normalized spacial score (nSPS) is 11.3. The maximum absolute atomic E-state index is 13.0. The lowest BCUT2D eigenvalue weighted by atomic mass is 9.97. The summed E-state index contributed by atoms with van der Waals surface area (Å²) in [5.41, 5.74) is 3.06. The van der Waals surface area contributed by atoms with Gasteiger partial charge in [0, 0.05) is 29.2 Å². The molecule has 0 bridgehead atoms. The Morgan fingerprint density at radius 2 is 1.82 bits per heavy atom. The van der Waals surface area contributed by atoms with E-state index in [4.69, 9.17) is 16.3 Å². The van der Waals surface area contributed by atoms with Gasteiger partial charge in [0.1, 0.15) is 12.4 Å². The number of pyridine rings is 2. The number of nitrogens with zero attached hydrogens (tertiary/aromatic N) is 3. The van der Waals surface area contributed by atoms with Gasteiger partial charge in [0.2, 0.25) is 0 Å². The lowest BCUT2D eigenvalue weighted by Gasteiger charge is -2.12. The van der Waals surface area contributed by atoms with Crippen LogP contribution in [-0.2, 0) is 19.2 Å². The molecule has 0 radical (unpaired) electrons. The smallest absolute Gasteiger partial charge is 0.417 e. The summed E-state index contributed by atoms with van der Waals surface area (Å²) in [6, 6.07) is 17.5. The van der Waals surface area contributed by atoms with E-state index in [0.29, 0.717) is 17.5 Å². The highest BCUT2D eigenvalue weighted by Crippen LogP contribution is 2.32. The summed E-state index contributed by atoms with van der Waals surface area (Å²) < 4.78 is 44.7. The minimum absolute atomic E-state index is 0.134. The van der Waals surface area contributed by atoms with Crippen molar-refractivity contribution in [3.05, 3.63) is 112 Å². The van der Waals surface area contributed by atoms with Crippen LogP contribution in [0.25, 0.3) is 23.3 Å². The first-order valence-corrected chi connectivity index (χ1v) is 11.7. The quantitative estimate of drug-likeness (QED) is 0.220. The number of halogens is 4. The molecular formula is C29H19ClF3N3O2. The molecule has 4 rings (SSSR count). The van der Waals surface area contributed by atoms with E-state index >= 15 is 0 Å². The summed E-state index contributed by atoms with van der Waals surface area (Å²) in [4.78, 5) is 19.6. The highest BCUT2D eigenvalue weighted by Gasteiger charge is 2.31. The second kappa shape index (κ2) is 11.7. The fraction of sp³-hybridized carbons (Fsp3) is 0.103. The van der Waals surface area contributed by atoms with Crippen LogP contribution in [0.5, 0.6) is 5.75 Å². The molecule has 4 aromatic rings. The highest BCUT2D eigenvalue weighted by molar-refractivity contribution is 6.32. The molecule has 0 fully saturated rings. The van der Waals surface area contributed by atoms with Gasteiger partial charge in [-0.3, -0.25) is 14.8 Å².